The molecule has 8 nitrogen and oxygen atoms in total. The number of carbonyl (C=O) groups is 1. The van der Waals surface area contributed by atoms with E-state index in [9.17, 15) is 4.79 Å². The molecule has 0 saturated carbocycles. The molecule has 0 unspecified atom stereocenters. The molecule has 0 spiro atoms. The number of imidazole rings is 1. The number of methoxy groups -OCH3 is 1. The van der Waals surface area contributed by atoms with Crippen LogP contribution in [0.5, 0.6) is 5.75 Å². The van der Waals surface area contributed by atoms with Gasteiger partial charge in [-0.2, -0.15) is 0 Å². The smallest absolute Gasteiger partial charge is 0.341 e. The van der Waals surface area contributed by atoms with Crippen molar-refractivity contribution in [2.24, 2.45) is 0 Å². The van der Waals surface area contributed by atoms with Crippen molar-refractivity contribution >= 4 is 23.0 Å². The molecule has 0 atom stereocenters. The number of fused-ring (bicyclic) bond motifs is 1. The first kappa shape index (κ1) is 24.9. The number of anilines is 1. The van der Waals surface area contributed by atoms with Crippen LogP contribution in [0.2, 0.25) is 0 Å². The first-order chi connectivity index (χ1) is 18.1. The number of likely N-dealkylation sites (tertiary alicyclic amines) is 1. The van der Waals surface area contributed by atoms with Crippen molar-refractivity contribution in [1.82, 2.24) is 14.5 Å². The van der Waals surface area contributed by atoms with Crippen LogP contribution in [0.25, 0.3) is 11.0 Å². The summed E-state index contributed by atoms with van der Waals surface area (Å²) in [6.07, 6.45) is 4.65. The summed E-state index contributed by atoms with van der Waals surface area (Å²) in [5, 5.41) is 3.69. The first-order valence-corrected chi connectivity index (χ1v) is 12.9. The highest BCUT2D eigenvalue weighted by molar-refractivity contribution is 5.90. The second kappa shape index (κ2) is 11.5. The number of benzene rings is 2. The molecule has 4 aromatic rings. The summed E-state index contributed by atoms with van der Waals surface area (Å²) in [4.78, 5) is 19.8. The van der Waals surface area contributed by atoms with E-state index in [1.807, 2.05) is 36.4 Å². The maximum atomic E-state index is 12.4. The molecule has 8 heteroatoms. The Balaban J connectivity index is 1.24. The van der Waals surface area contributed by atoms with E-state index in [4.69, 9.17) is 18.9 Å². The Hall–Kier alpha value is -3.78. The number of carbonyl (C=O) groups excluding carboxylic acids is 1. The van der Waals surface area contributed by atoms with E-state index in [1.165, 1.54) is 11.8 Å². The van der Waals surface area contributed by atoms with Gasteiger partial charge in [0.25, 0.3) is 0 Å². The zero-order chi connectivity index (χ0) is 25.6. The number of aromatic nitrogens is 2. The van der Waals surface area contributed by atoms with Crippen molar-refractivity contribution in [3.8, 4) is 5.75 Å². The number of hydrogen-bond donors (Lipinski definition) is 1. The number of nitrogens with one attached hydrogen (secondary N) is 1. The molecule has 0 amide bonds. The Bertz CT molecular complexity index is 1320. The number of hydrogen-bond acceptors (Lipinski definition) is 7. The van der Waals surface area contributed by atoms with E-state index in [0.29, 0.717) is 30.5 Å². The molecule has 0 bridgehead atoms. The Labute approximate surface area is 217 Å². The molecule has 2 aromatic heterocycles. The van der Waals surface area contributed by atoms with Gasteiger partial charge in [0.05, 0.1) is 37.6 Å². The standard InChI is InChI=1S/C29H34N4O4/c1-3-36-28(34)24-15-19-37-27(24)20-33-26-7-5-4-6-25(26)31-29(33)30-22-13-17-32(18-14-22)16-12-21-8-10-23(35-2)11-9-21/h4-11,15,19,22H,3,12-14,16-18,20H2,1-2H3,(H,30,31). The van der Waals surface area contributed by atoms with E-state index in [1.54, 1.807) is 20.1 Å². The molecule has 1 saturated heterocycles. The van der Waals surface area contributed by atoms with Gasteiger partial charge < -0.3 is 28.7 Å². The largest absolute Gasteiger partial charge is 0.497 e. The van der Waals surface area contributed by atoms with Crippen LogP contribution in [-0.4, -0.2) is 59.8 Å². The number of rotatable bonds is 10. The minimum absolute atomic E-state index is 0.322. The molecule has 37 heavy (non-hydrogen) atoms. The van der Waals surface area contributed by atoms with Crippen LogP contribution < -0.4 is 10.1 Å². The van der Waals surface area contributed by atoms with Crippen LogP contribution in [0, 0.1) is 0 Å². The monoisotopic (exact) mass is 502 g/mol. The molecule has 1 aliphatic rings. The lowest BCUT2D eigenvalue weighted by atomic mass is 10.0. The summed E-state index contributed by atoms with van der Waals surface area (Å²) in [7, 11) is 1.69. The minimum atomic E-state index is -0.368. The van der Waals surface area contributed by atoms with Crippen LogP contribution in [-0.2, 0) is 17.7 Å². The van der Waals surface area contributed by atoms with Gasteiger partial charge in [0, 0.05) is 25.7 Å². The van der Waals surface area contributed by atoms with Crippen LogP contribution >= 0.6 is 0 Å². The van der Waals surface area contributed by atoms with Gasteiger partial charge in [-0.05, 0) is 62.1 Å². The molecule has 1 fully saturated rings. The topological polar surface area (TPSA) is 81.8 Å². The Morgan fingerprint density at radius 3 is 2.65 bits per heavy atom. The van der Waals surface area contributed by atoms with Crippen LogP contribution in [0.3, 0.4) is 0 Å². The van der Waals surface area contributed by atoms with Gasteiger partial charge in [-0.15, -0.1) is 0 Å². The average molecular weight is 503 g/mol. The number of ether oxygens (including phenoxy) is 2. The Morgan fingerprint density at radius 1 is 1.11 bits per heavy atom. The Kier molecular flexibility index (Phi) is 7.75. The summed E-state index contributed by atoms with van der Waals surface area (Å²) < 4.78 is 18.3. The van der Waals surface area contributed by atoms with Gasteiger partial charge in [-0.1, -0.05) is 24.3 Å². The summed E-state index contributed by atoms with van der Waals surface area (Å²) in [6, 6.07) is 18.4. The molecule has 0 radical (unpaired) electrons. The lowest BCUT2D eigenvalue weighted by molar-refractivity contribution is 0.0523. The minimum Gasteiger partial charge on any atom is -0.497 e. The molecule has 194 valence electrons. The lowest BCUT2D eigenvalue weighted by Gasteiger charge is -2.32. The summed E-state index contributed by atoms with van der Waals surface area (Å²) in [5.41, 5.74) is 3.69. The molecule has 5 rings (SSSR count). The molecule has 1 N–H and O–H groups in total. The fourth-order valence-corrected chi connectivity index (χ4v) is 4.91. The van der Waals surface area contributed by atoms with Crippen molar-refractivity contribution in [3.05, 3.63) is 77.7 Å². The number of nitrogens with zero attached hydrogens (tertiary/aromatic N) is 3. The third kappa shape index (κ3) is 5.80. The van der Waals surface area contributed by atoms with Crippen LogP contribution in [0.4, 0.5) is 5.95 Å². The molecular weight excluding hydrogens is 468 g/mol. The van der Waals surface area contributed by atoms with Gasteiger partial charge in [0.1, 0.15) is 17.1 Å². The predicted molar refractivity (Wildman–Crippen MR) is 143 cm³/mol. The summed E-state index contributed by atoms with van der Waals surface area (Å²) in [5.74, 6) is 1.89. The number of esters is 1. The van der Waals surface area contributed by atoms with E-state index < -0.39 is 0 Å². The van der Waals surface area contributed by atoms with Crippen molar-refractivity contribution in [2.75, 3.05) is 38.7 Å². The van der Waals surface area contributed by atoms with Crippen molar-refractivity contribution < 1.29 is 18.7 Å². The maximum Gasteiger partial charge on any atom is 0.341 e. The number of piperidine rings is 1. The molecule has 0 aliphatic carbocycles. The maximum absolute atomic E-state index is 12.4. The van der Waals surface area contributed by atoms with Gasteiger partial charge in [0.2, 0.25) is 5.95 Å². The normalized spacial score (nSPS) is 14.6. The molecule has 2 aromatic carbocycles. The quantitative estimate of drug-likeness (QED) is 0.306. The van der Waals surface area contributed by atoms with Gasteiger partial charge in [-0.25, -0.2) is 9.78 Å². The van der Waals surface area contributed by atoms with Crippen molar-refractivity contribution in [2.45, 2.75) is 38.8 Å². The van der Waals surface area contributed by atoms with Crippen molar-refractivity contribution in [3.63, 3.8) is 0 Å². The highest BCUT2D eigenvalue weighted by Crippen LogP contribution is 2.25. The molecule has 1 aliphatic heterocycles. The van der Waals surface area contributed by atoms with Crippen LogP contribution in [0.15, 0.2) is 65.3 Å². The van der Waals surface area contributed by atoms with Gasteiger partial charge in [0.15, 0.2) is 0 Å². The van der Waals surface area contributed by atoms with E-state index in [0.717, 1.165) is 61.6 Å². The number of para-hydroxylation sites is 2. The van der Waals surface area contributed by atoms with Gasteiger partial charge in [-0.3, -0.25) is 0 Å². The summed E-state index contributed by atoms with van der Waals surface area (Å²) >= 11 is 0. The molecule has 3 heterocycles. The zero-order valence-electron chi connectivity index (χ0n) is 21.5. The lowest BCUT2D eigenvalue weighted by Crippen LogP contribution is -2.40. The summed E-state index contributed by atoms with van der Waals surface area (Å²) in [6.45, 7) is 5.65. The van der Waals surface area contributed by atoms with Crippen LogP contribution in [0.1, 0.15) is 41.4 Å². The highest BCUT2D eigenvalue weighted by Gasteiger charge is 2.23. The third-order valence-corrected chi connectivity index (χ3v) is 6.99. The highest BCUT2D eigenvalue weighted by atomic mass is 16.5. The Morgan fingerprint density at radius 2 is 1.89 bits per heavy atom. The zero-order valence-corrected chi connectivity index (χ0v) is 21.5. The fourth-order valence-electron chi connectivity index (χ4n) is 4.91. The van der Waals surface area contributed by atoms with E-state index in [2.05, 4.69) is 26.9 Å². The second-order valence-corrected chi connectivity index (χ2v) is 9.35. The van der Waals surface area contributed by atoms with E-state index >= 15 is 0 Å². The average Bonchev–Trinajstić information content (AvgIpc) is 3.54. The predicted octanol–water partition coefficient (Wildman–Crippen LogP) is 4.98. The first-order valence-electron chi connectivity index (χ1n) is 12.9. The van der Waals surface area contributed by atoms with Gasteiger partial charge >= 0.3 is 5.97 Å². The molecular formula is C29H34N4O4. The second-order valence-electron chi connectivity index (χ2n) is 9.35. The number of furan rings is 1. The SMILES string of the molecule is CCOC(=O)c1ccoc1Cn1c(NC2CCN(CCc3ccc(OC)cc3)CC2)nc2ccccc21. The third-order valence-electron chi connectivity index (χ3n) is 6.99. The van der Waals surface area contributed by atoms with E-state index in [-0.39, 0.29) is 5.97 Å². The fraction of sp³-hybridized carbons (Fsp3) is 0.379. The van der Waals surface area contributed by atoms with Crippen molar-refractivity contribution in [1.29, 1.82) is 0 Å².